The molecule has 0 spiro atoms. The summed E-state index contributed by atoms with van der Waals surface area (Å²) in [6, 6.07) is -1.02. The second kappa shape index (κ2) is 8.22. The van der Waals surface area contributed by atoms with Crippen LogP contribution < -0.4 is 0 Å². The molecule has 5 nitrogen and oxygen atoms in total. The molecule has 0 aromatic rings. The summed E-state index contributed by atoms with van der Waals surface area (Å²) in [6.07, 6.45) is 0.160. The highest BCUT2D eigenvalue weighted by Crippen LogP contribution is 2.72. The van der Waals surface area contributed by atoms with E-state index in [9.17, 15) is 23.9 Å². The number of hydrogen-bond acceptors (Lipinski definition) is 6. The first kappa shape index (κ1) is 25.5. The maximum atomic E-state index is 17.2. The number of alkyl halides is 3. The third-order valence-corrected chi connectivity index (χ3v) is 9.90. The summed E-state index contributed by atoms with van der Waals surface area (Å²) in [4.78, 5) is 37.8. The van der Waals surface area contributed by atoms with Crippen LogP contribution in [0.25, 0.3) is 0 Å². The molecular formula is C25H31F3O5S. The number of hydrogen-bond donors (Lipinski definition) is 1. The lowest BCUT2D eigenvalue weighted by Gasteiger charge is -2.63. The SMILES string of the molecule is CCC(=O)O[C@]1(C(=O)SCF)[C@H](C)CC2C3C[C@H](F)C4=CC(=O)C=CC4(C)[C@@]3(F)C(O)CC21C. The van der Waals surface area contributed by atoms with Crippen molar-refractivity contribution in [2.24, 2.45) is 28.6 Å². The number of fused-ring (bicyclic) bond motifs is 5. The molecule has 1 N–H and O–H groups in total. The van der Waals surface area contributed by atoms with Gasteiger partial charge in [0.15, 0.2) is 17.1 Å². The first-order valence-electron chi connectivity index (χ1n) is 11.7. The van der Waals surface area contributed by atoms with Crippen molar-refractivity contribution in [2.75, 3.05) is 6.01 Å². The van der Waals surface area contributed by atoms with Gasteiger partial charge in [-0.1, -0.05) is 26.8 Å². The number of rotatable bonds is 4. The lowest BCUT2D eigenvalue weighted by atomic mass is 9.44. The van der Waals surface area contributed by atoms with Gasteiger partial charge in [-0.25, -0.2) is 13.2 Å². The molecule has 0 amide bonds. The standard InChI is InChI=1S/C25H31F3O5S/c1-5-20(31)33-25(21(32)34-12-26)13(2)8-15-16-10-18(27)17-9-14(29)6-7-22(17,3)24(16,28)19(30)11-23(15,25)4/h6-7,9,13,15-16,18-19,30H,5,8,10-12H2,1-4H3/t13-,15?,16?,18+,19?,22?,23?,24+,25+/m1/s1. The fraction of sp³-hybridized carbons (Fsp3) is 0.720. The third kappa shape index (κ3) is 3.01. The van der Waals surface area contributed by atoms with Gasteiger partial charge in [-0.2, -0.15) is 0 Å². The molecule has 188 valence electrons. The summed E-state index contributed by atoms with van der Waals surface area (Å²) in [6.45, 7) is 6.45. The molecule has 0 saturated heterocycles. The highest BCUT2D eigenvalue weighted by atomic mass is 32.2. The van der Waals surface area contributed by atoms with Gasteiger partial charge in [0, 0.05) is 29.1 Å². The average molecular weight is 501 g/mol. The van der Waals surface area contributed by atoms with Gasteiger partial charge in [0.1, 0.15) is 12.2 Å². The quantitative estimate of drug-likeness (QED) is 0.576. The highest BCUT2D eigenvalue weighted by molar-refractivity contribution is 8.13. The zero-order valence-corrected chi connectivity index (χ0v) is 20.6. The summed E-state index contributed by atoms with van der Waals surface area (Å²) in [7, 11) is 0. The molecular weight excluding hydrogens is 469 g/mol. The van der Waals surface area contributed by atoms with E-state index in [1.807, 2.05) is 0 Å². The zero-order valence-electron chi connectivity index (χ0n) is 19.8. The summed E-state index contributed by atoms with van der Waals surface area (Å²) in [5.74, 6) is -3.30. The van der Waals surface area contributed by atoms with E-state index in [-0.39, 0.29) is 31.3 Å². The second-order valence-corrected chi connectivity index (χ2v) is 11.5. The topological polar surface area (TPSA) is 80.7 Å². The second-order valence-electron chi connectivity index (χ2n) is 10.6. The van der Waals surface area contributed by atoms with Gasteiger partial charge in [0.25, 0.3) is 0 Å². The predicted octanol–water partition coefficient (Wildman–Crippen LogP) is 4.43. The van der Waals surface area contributed by atoms with Crippen LogP contribution in [0.3, 0.4) is 0 Å². The van der Waals surface area contributed by atoms with E-state index in [1.54, 1.807) is 20.8 Å². The average Bonchev–Trinajstić information content (AvgIpc) is 2.99. The van der Waals surface area contributed by atoms with Crippen molar-refractivity contribution in [3.8, 4) is 0 Å². The normalized spacial score (nSPS) is 47.4. The molecule has 4 aliphatic rings. The first-order valence-corrected chi connectivity index (χ1v) is 12.7. The molecule has 4 aliphatic carbocycles. The summed E-state index contributed by atoms with van der Waals surface area (Å²) < 4.78 is 51.8. The van der Waals surface area contributed by atoms with E-state index >= 15 is 8.78 Å². The Balaban J connectivity index is 1.87. The number of esters is 1. The van der Waals surface area contributed by atoms with Crippen molar-refractivity contribution >= 4 is 28.6 Å². The number of carbonyl (C=O) groups is 3. The molecule has 0 aromatic carbocycles. The van der Waals surface area contributed by atoms with Crippen LogP contribution >= 0.6 is 11.8 Å². The van der Waals surface area contributed by atoms with Crippen LogP contribution in [0.5, 0.6) is 0 Å². The Kier molecular flexibility index (Phi) is 6.16. The minimum atomic E-state index is -2.30. The Labute approximate surface area is 201 Å². The Hall–Kier alpha value is -1.61. The van der Waals surface area contributed by atoms with E-state index in [0.29, 0.717) is 11.8 Å². The Morgan fingerprint density at radius 1 is 1.26 bits per heavy atom. The number of carbonyl (C=O) groups excluding carboxylic acids is 3. The molecule has 3 fully saturated rings. The van der Waals surface area contributed by atoms with Gasteiger partial charge < -0.3 is 9.84 Å². The molecule has 5 unspecified atom stereocenters. The van der Waals surface area contributed by atoms with E-state index in [2.05, 4.69) is 0 Å². The Morgan fingerprint density at radius 3 is 2.56 bits per heavy atom. The maximum Gasteiger partial charge on any atom is 0.306 e. The van der Waals surface area contributed by atoms with Gasteiger partial charge in [-0.3, -0.25) is 14.4 Å². The maximum absolute atomic E-state index is 17.2. The lowest BCUT2D eigenvalue weighted by Crippen LogP contribution is -2.70. The van der Waals surface area contributed by atoms with Gasteiger partial charge in [-0.05, 0) is 61.6 Å². The van der Waals surface area contributed by atoms with Crippen molar-refractivity contribution < 1.29 is 37.4 Å². The fourth-order valence-electron chi connectivity index (χ4n) is 7.63. The van der Waals surface area contributed by atoms with E-state index < -0.39 is 75.0 Å². The zero-order chi connectivity index (χ0) is 25.3. The van der Waals surface area contributed by atoms with E-state index in [1.165, 1.54) is 19.1 Å². The number of aliphatic hydroxyl groups excluding tert-OH is 1. The van der Waals surface area contributed by atoms with Crippen molar-refractivity contribution in [3.05, 3.63) is 23.8 Å². The van der Waals surface area contributed by atoms with Gasteiger partial charge in [-0.15, -0.1) is 0 Å². The minimum Gasteiger partial charge on any atom is -0.449 e. The third-order valence-electron chi connectivity index (χ3n) is 9.22. The van der Waals surface area contributed by atoms with Gasteiger partial charge in [0.2, 0.25) is 5.12 Å². The monoisotopic (exact) mass is 500 g/mol. The van der Waals surface area contributed by atoms with E-state index in [4.69, 9.17) is 4.74 Å². The molecule has 9 atom stereocenters. The summed E-state index contributed by atoms with van der Waals surface area (Å²) >= 11 is 0.396. The summed E-state index contributed by atoms with van der Waals surface area (Å²) in [5, 5.41) is 10.7. The highest BCUT2D eigenvalue weighted by Gasteiger charge is 2.78. The van der Waals surface area contributed by atoms with Crippen LogP contribution in [-0.2, 0) is 19.1 Å². The first-order chi connectivity index (χ1) is 15.8. The number of halogens is 3. The molecule has 4 rings (SSSR count). The molecule has 0 heterocycles. The smallest absolute Gasteiger partial charge is 0.306 e. The molecule has 0 aromatic heterocycles. The van der Waals surface area contributed by atoms with Crippen LogP contribution in [-0.4, -0.2) is 51.5 Å². The number of ketones is 1. The largest absolute Gasteiger partial charge is 0.449 e. The van der Waals surface area contributed by atoms with Crippen LogP contribution in [0.4, 0.5) is 13.2 Å². The Bertz CT molecular complexity index is 984. The molecule has 0 radical (unpaired) electrons. The number of allylic oxidation sites excluding steroid dienone is 4. The lowest BCUT2D eigenvalue weighted by molar-refractivity contribution is -0.228. The van der Waals surface area contributed by atoms with Crippen molar-refractivity contribution in [1.29, 1.82) is 0 Å². The summed E-state index contributed by atoms with van der Waals surface area (Å²) in [5.41, 5.74) is -6.84. The van der Waals surface area contributed by atoms with Gasteiger partial charge >= 0.3 is 5.97 Å². The van der Waals surface area contributed by atoms with Crippen molar-refractivity contribution in [2.45, 2.75) is 76.9 Å². The van der Waals surface area contributed by atoms with Gasteiger partial charge in [0.05, 0.1) is 6.10 Å². The van der Waals surface area contributed by atoms with Crippen LogP contribution in [0.15, 0.2) is 23.8 Å². The predicted molar refractivity (Wildman–Crippen MR) is 121 cm³/mol. The molecule has 9 heteroatoms. The van der Waals surface area contributed by atoms with Crippen LogP contribution in [0, 0.1) is 28.6 Å². The molecule has 34 heavy (non-hydrogen) atoms. The molecule has 3 saturated carbocycles. The minimum absolute atomic E-state index is 0.0141. The fourth-order valence-corrected chi connectivity index (χ4v) is 8.42. The molecule has 0 bridgehead atoms. The Morgan fingerprint density at radius 2 is 1.94 bits per heavy atom. The van der Waals surface area contributed by atoms with E-state index in [0.717, 1.165) is 6.08 Å². The number of thioether (sulfide) groups is 1. The van der Waals surface area contributed by atoms with Crippen molar-refractivity contribution in [3.63, 3.8) is 0 Å². The van der Waals surface area contributed by atoms with Crippen molar-refractivity contribution in [1.82, 2.24) is 0 Å². The number of aliphatic hydroxyl groups is 1. The number of ether oxygens (including phenoxy) is 1. The molecule has 0 aliphatic heterocycles. The van der Waals surface area contributed by atoms with Crippen LogP contribution in [0.1, 0.15) is 53.4 Å². The van der Waals surface area contributed by atoms with Crippen LogP contribution in [0.2, 0.25) is 0 Å².